The maximum atomic E-state index is 9.19. The predicted octanol–water partition coefficient (Wildman–Crippen LogP) is 18.6. The molecule has 4 fully saturated rings. The van der Waals surface area contributed by atoms with Crippen LogP contribution in [0.15, 0.2) is 96.1 Å². The molecule has 4 saturated carbocycles. The Morgan fingerprint density at radius 1 is 0.452 bits per heavy atom. The van der Waals surface area contributed by atoms with Crippen molar-refractivity contribution in [1.82, 2.24) is 0 Å². The van der Waals surface area contributed by atoms with E-state index in [2.05, 4.69) is 110 Å². The van der Waals surface area contributed by atoms with E-state index >= 15 is 0 Å². The van der Waals surface area contributed by atoms with Crippen LogP contribution in [0.5, 0.6) is 0 Å². The van der Waals surface area contributed by atoms with Crippen molar-refractivity contribution in [2.75, 3.05) is 0 Å². The second-order valence-corrected chi connectivity index (χ2v) is 64.1. The predicted molar refractivity (Wildman–Crippen MR) is 270 cm³/mol. The van der Waals surface area contributed by atoms with E-state index in [1.165, 1.54) is 184 Å². The van der Waals surface area contributed by atoms with E-state index in [0.717, 1.165) is 36.5 Å². The normalized spacial score (nSPS) is 23.7. The van der Waals surface area contributed by atoms with Gasteiger partial charge in [0.2, 0.25) is 0 Å². The molecule has 62 heavy (non-hydrogen) atoms. The van der Waals surface area contributed by atoms with Crippen molar-refractivity contribution in [3.05, 3.63) is 129 Å². The van der Waals surface area contributed by atoms with Crippen molar-refractivity contribution < 1.29 is 15.6 Å². The third-order valence-electron chi connectivity index (χ3n) is 17.6. The van der Waals surface area contributed by atoms with Gasteiger partial charge in [-0.05, 0) is 0 Å². The van der Waals surface area contributed by atoms with Crippen LogP contribution in [0.4, 0.5) is 0 Å². The standard InChI is InChI=1S/2C28H33.C2H7Si.2ClH.Zr/c2*1-3-8-21(9-4-1)18-22-19-26-12-7-13-27(28(26)20-22)25-16-14-24(15-17-25)23-10-5-2-6-11-23;1-3-2;;;/h2*7,12-17,19-21,23H,1-6,8-11,18H2;3H,1-2H3;2*1H;/q;;;;;+2/p-2. The summed E-state index contributed by atoms with van der Waals surface area (Å²) in [6, 6.07) is 34.0. The van der Waals surface area contributed by atoms with Crippen LogP contribution in [0, 0.1) is 11.8 Å². The monoisotopic (exact) mass is 957 g/mol. The molecule has 4 aromatic carbocycles. The van der Waals surface area contributed by atoms with Crippen molar-refractivity contribution in [2.24, 2.45) is 11.8 Å². The molecule has 0 aromatic heterocycles. The van der Waals surface area contributed by atoms with Gasteiger partial charge in [-0.3, -0.25) is 0 Å². The van der Waals surface area contributed by atoms with Crippen molar-refractivity contribution in [3.63, 3.8) is 0 Å². The maximum absolute atomic E-state index is 9.19. The van der Waals surface area contributed by atoms with E-state index in [0.29, 0.717) is 0 Å². The Bertz CT molecular complexity index is 2100. The summed E-state index contributed by atoms with van der Waals surface area (Å²) in [7, 11) is 18.4. The summed E-state index contributed by atoms with van der Waals surface area (Å²) < 4.78 is 0.294. The molecule has 6 aliphatic rings. The first-order chi connectivity index (χ1) is 30.3. The van der Waals surface area contributed by atoms with Gasteiger partial charge in [0.05, 0.1) is 0 Å². The molecule has 0 amide bonds. The average molecular weight is 960 g/mol. The van der Waals surface area contributed by atoms with Crippen molar-refractivity contribution in [3.8, 4) is 22.3 Å². The first-order valence-corrected chi connectivity index (χ1v) is 42.0. The van der Waals surface area contributed by atoms with Crippen LogP contribution in [0.25, 0.3) is 34.4 Å². The molecule has 2 unspecified atom stereocenters. The molecule has 4 heteroatoms. The number of fused-ring (bicyclic) bond motifs is 2. The second kappa shape index (κ2) is 18.7. The number of allylic oxidation sites excluding steroid dienone is 2. The zero-order valence-electron chi connectivity index (χ0n) is 38.1. The Hall–Kier alpha value is -1.96. The molecule has 0 aliphatic heterocycles. The summed E-state index contributed by atoms with van der Waals surface area (Å²) in [4.78, 5) is 0. The number of rotatable bonds is 11. The second-order valence-electron chi connectivity index (χ2n) is 21.6. The van der Waals surface area contributed by atoms with Gasteiger partial charge in [0.25, 0.3) is 0 Å². The Balaban J connectivity index is 1.09. The van der Waals surface area contributed by atoms with Gasteiger partial charge in [-0.25, -0.2) is 0 Å². The average Bonchev–Trinajstić information content (AvgIpc) is 3.89. The van der Waals surface area contributed by atoms with Crippen LogP contribution in [0.2, 0.25) is 13.1 Å². The summed E-state index contributed by atoms with van der Waals surface area (Å²) in [5, 5.41) is 0. The van der Waals surface area contributed by atoms with Gasteiger partial charge < -0.3 is 0 Å². The van der Waals surface area contributed by atoms with E-state index in [-0.39, 0.29) is 7.25 Å². The molecule has 0 saturated heterocycles. The van der Waals surface area contributed by atoms with Crippen LogP contribution in [-0.4, -0.2) is 5.92 Å². The topological polar surface area (TPSA) is 0 Å². The Morgan fingerprint density at radius 2 is 0.806 bits per heavy atom. The van der Waals surface area contributed by atoms with Gasteiger partial charge in [-0.15, -0.1) is 0 Å². The molecule has 327 valence electrons. The zero-order chi connectivity index (χ0) is 42.3. The summed E-state index contributed by atoms with van der Waals surface area (Å²) in [6.45, 7) is 5.14. The number of benzene rings is 4. The summed E-state index contributed by atoms with van der Waals surface area (Å²) in [6.07, 6.45) is 34.8. The van der Waals surface area contributed by atoms with E-state index in [1.807, 2.05) is 0 Å². The van der Waals surface area contributed by atoms with E-state index in [9.17, 15) is 17.0 Å². The zero-order valence-corrected chi connectivity index (χ0v) is 43.2. The van der Waals surface area contributed by atoms with Crippen LogP contribution >= 0.6 is 17.0 Å². The van der Waals surface area contributed by atoms with Gasteiger partial charge in [-0.2, -0.15) is 0 Å². The Labute approximate surface area is 384 Å². The fraction of sp³-hybridized carbons (Fsp3) is 0.517. The van der Waals surface area contributed by atoms with Crippen molar-refractivity contribution >= 4 is 35.1 Å². The van der Waals surface area contributed by atoms with Gasteiger partial charge in [0.1, 0.15) is 0 Å². The Morgan fingerprint density at radius 3 is 1.16 bits per heavy atom. The van der Waals surface area contributed by atoms with Gasteiger partial charge in [-0.1, -0.05) is 0 Å². The van der Waals surface area contributed by atoms with Crippen LogP contribution < -0.4 is 0 Å². The molecule has 0 nitrogen and oxygen atoms in total. The van der Waals surface area contributed by atoms with E-state index in [4.69, 9.17) is 0 Å². The van der Waals surface area contributed by atoms with Crippen LogP contribution in [-0.2, 0) is 15.6 Å². The fourth-order valence-corrected chi connectivity index (χ4v) is 45.5. The third kappa shape index (κ3) is 8.39. The Kier molecular flexibility index (Phi) is 13.3. The quantitative estimate of drug-likeness (QED) is 0.131. The molecule has 10 rings (SSSR count). The van der Waals surface area contributed by atoms with Crippen LogP contribution in [0.1, 0.15) is 194 Å². The third-order valence-corrected chi connectivity index (χ3v) is 69.5. The van der Waals surface area contributed by atoms with Gasteiger partial charge in [0.15, 0.2) is 0 Å². The molecule has 4 aromatic rings. The molecule has 0 spiro atoms. The molecule has 0 bridgehead atoms. The molecule has 0 heterocycles. The first kappa shape index (κ1) is 43.9. The summed E-state index contributed by atoms with van der Waals surface area (Å²) >= 11 is -5.01. The molecule has 0 N–H and O–H groups in total. The van der Waals surface area contributed by atoms with Crippen molar-refractivity contribution in [2.45, 2.75) is 173 Å². The van der Waals surface area contributed by atoms with Crippen LogP contribution in [0.3, 0.4) is 0 Å². The summed E-state index contributed by atoms with van der Waals surface area (Å²) in [5.74, 6) is 1.19. The van der Waals surface area contributed by atoms with E-state index < -0.39 is 21.5 Å². The molecule has 0 radical (unpaired) electrons. The number of hydrogen-bond donors (Lipinski definition) is 0. The minimum absolute atomic E-state index is 0.147. The molecule has 6 aliphatic carbocycles. The molecular weight excluding hydrogens is 887 g/mol. The SMILES string of the molecule is C[SiH](C)[Zr]([Cl])([Cl])([CH]1C(CC2CCCCC2)=Cc2c(-c3ccc(C4CCCCC4)cc3)cccc21)[CH]1C(CC2CCCCC2)=Cc2c(-c3ccc(C4CCCCC4)cc3)cccc21. The van der Waals surface area contributed by atoms with Crippen molar-refractivity contribution in [1.29, 1.82) is 0 Å². The minimum atomic E-state index is -5.01. The number of hydrogen-bond acceptors (Lipinski definition) is 0. The molecule has 2 atom stereocenters. The molecular formula is C58H73Cl2SiZr. The summed E-state index contributed by atoms with van der Waals surface area (Å²) in [5.41, 5.74) is 17.5. The van der Waals surface area contributed by atoms with E-state index in [1.54, 1.807) is 11.1 Å². The number of halogens is 2. The fourth-order valence-electron chi connectivity index (χ4n) is 14.1. The van der Waals surface area contributed by atoms with Gasteiger partial charge >= 0.3 is 388 Å². The van der Waals surface area contributed by atoms with Gasteiger partial charge in [0, 0.05) is 0 Å². The first-order valence-electron chi connectivity index (χ1n) is 25.7.